The van der Waals surface area contributed by atoms with Crippen LogP contribution in [0.1, 0.15) is 26.2 Å². The molecule has 0 aliphatic rings. The van der Waals surface area contributed by atoms with E-state index in [1.165, 1.54) is 25.6 Å². The summed E-state index contributed by atoms with van der Waals surface area (Å²) >= 11 is 3.70. The molecule has 0 atom stereocenters. The van der Waals surface area contributed by atoms with Crippen LogP contribution in [0.2, 0.25) is 0 Å². The minimum absolute atomic E-state index is 0.0430. The topological polar surface area (TPSA) is 45.8 Å². The van der Waals surface area contributed by atoms with E-state index in [1.54, 1.807) is 11.8 Å². The van der Waals surface area contributed by atoms with Crippen molar-refractivity contribution in [1.29, 1.82) is 0 Å². The van der Waals surface area contributed by atoms with E-state index in [9.17, 15) is 4.79 Å². The van der Waals surface area contributed by atoms with Gasteiger partial charge in [0.25, 0.3) is 5.56 Å². The second kappa shape index (κ2) is 6.44. The van der Waals surface area contributed by atoms with E-state index in [2.05, 4.69) is 16.9 Å². The first-order valence-corrected chi connectivity index (χ1v) is 6.68. The first-order valence-electron chi connectivity index (χ1n) is 4.61. The molecule has 0 fully saturated rings. The number of nitrogens with zero attached hydrogens (tertiary/aromatic N) is 1. The molecule has 0 amide bonds. The van der Waals surface area contributed by atoms with Crippen LogP contribution in [0.3, 0.4) is 0 Å². The average molecular weight is 324 g/mol. The molecule has 78 valence electrons. The highest BCUT2D eigenvalue weighted by Crippen LogP contribution is 2.19. The van der Waals surface area contributed by atoms with Crippen LogP contribution in [-0.4, -0.2) is 15.7 Å². The summed E-state index contributed by atoms with van der Waals surface area (Å²) in [6, 6.07) is 0. The maximum absolute atomic E-state index is 11.2. The van der Waals surface area contributed by atoms with Crippen LogP contribution in [0.5, 0.6) is 0 Å². The quantitative estimate of drug-likeness (QED) is 0.392. The van der Waals surface area contributed by atoms with Gasteiger partial charge < -0.3 is 4.98 Å². The Morgan fingerprint density at radius 1 is 1.57 bits per heavy atom. The maximum atomic E-state index is 11.2. The van der Waals surface area contributed by atoms with Gasteiger partial charge in [-0.15, -0.1) is 11.8 Å². The number of thioether (sulfide) groups is 1. The average Bonchev–Trinajstić information content (AvgIpc) is 2.19. The molecule has 3 nitrogen and oxygen atoms in total. The molecule has 0 saturated carbocycles. The first kappa shape index (κ1) is 12.0. The number of H-pyrrole nitrogens is 1. The fourth-order valence-electron chi connectivity index (χ4n) is 0.988. The van der Waals surface area contributed by atoms with E-state index < -0.39 is 0 Å². The molecule has 1 N–H and O–H groups in total. The fraction of sp³-hybridized carbons (Fsp3) is 0.556. The number of aromatic amines is 1. The molecule has 1 aromatic rings. The van der Waals surface area contributed by atoms with Crippen LogP contribution in [0, 0.1) is 3.57 Å². The molecule has 0 bridgehead atoms. The first-order chi connectivity index (χ1) is 6.75. The van der Waals surface area contributed by atoms with Crippen LogP contribution < -0.4 is 5.56 Å². The van der Waals surface area contributed by atoms with E-state index in [-0.39, 0.29) is 5.56 Å². The summed E-state index contributed by atoms with van der Waals surface area (Å²) in [5.41, 5.74) is -0.0430. The summed E-state index contributed by atoms with van der Waals surface area (Å²) in [5.74, 6) is 1.04. The fourth-order valence-corrected chi connectivity index (χ4v) is 2.64. The second-order valence-electron chi connectivity index (χ2n) is 2.91. The van der Waals surface area contributed by atoms with Crippen molar-refractivity contribution in [2.45, 2.75) is 31.2 Å². The maximum Gasteiger partial charge on any atom is 0.265 e. The lowest BCUT2D eigenvalue weighted by atomic mass is 10.3. The number of hydrogen-bond acceptors (Lipinski definition) is 3. The number of aromatic nitrogens is 2. The van der Waals surface area contributed by atoms with Gasteiger partial charge >= 0.3 is 0 Å². The normalized spacial score (nSPS) is 10.4. The molecule has 1 rings (SSSR count). The Balaban J connectivity index is 2.51. The molecular weight excluding hydrogens is 311 g/mol. The van der Waals surface area contributed by atoms with Crippen molar-refractivity contribution in [3.63, 3.8) is 0 Å². The van der Waals surface area contributed by atoms with E-state index in [0.717, 1.165) is 10.8 Å². The Labute approximate surface area is 101 Å². The van der Waals surface area contributed by atoms with E-state index >= 15 is 0 Å². The molecule has 14 heavy (non-hydrogen) atoms. The van der Waals surface area contributed by atoms with Gasteiger partial charge in [0.1, 0.15) is 8.60 Å². The lowest BCUT2D eigenvalue weighted by Gasteiger charge is -2.01. The van der Waals surface area contributed by atoms with Gasteiger partial charge in [-0.2, -0.15) is 0 Å². The highest BCUT2D eigenvalue weighted by molar-refractivity contribution is 14.1. The largest absolute Gasteiger partial charge is 0.312 e. The zero-order chi connectivity index (χ0) is 10.4. The van der Waals surface area contributed by atoms with Crippen LogP contribution in [0.15, 0.2) is 16.1 Å². The lowest BCUT2D eigenvalue weighted by Crippen LogP contribution is -2.11. The smallest absolute Gasteiger partial charge is 0.265 e. The molecule has 5 heteroatoms. The Hall–Kier alpha value is -0.0400. The molecule has 0 saturated heterocycles. The summed E-state index contributed by atoms with van der Waals surface area (Å²) < 4.78 is 0.701. The number of hydrogen-bond donors (Lipinski definition) is 1. The van der Waals surface area contributed by atoms with Gasteiger partial charge in [-0.1, -0.05) is 19.8 Å². The van der Waals surface area contributed by atoms with Crippen molar-refractivity contribution in [1.82, 2.24) is 9.97 Å². The number of halogens is 1. The Bertz CT molecular complexity index is 340. The van der Waals surface area contributed by atoms with E-state index in [1.807, 2.05) is 22.6 Å². The van der Waals surface area contributed by atoms with Crippen molar-refractivity contribution < 1.29 is 0 Å². The highest BCUT2D eigenvalue weighted by Gasteiger charge is 2.04. The standard InChI is InChI=1S/C9H13IN2OS/c1-2-3-4-5-14-9-7(10)8(13)11-6-12-9/h6H,2-5H2,1H3,(H,11,12,13). The second-order valence-corrected chi connectivity index (χ2v) is 5.07. The predicted octanol–water partition coefficient (Wildman–Crippen LogP) is 2.66. The third-order valence-electron chi connectivity index (χ3n) is 1.75. The van der Waals surface area contributed by atoms with Gasteiger partial charge in [0.15, 0.2) is 0 Å². The molecule has 0 aliphatic heterocycles. The van der Waals surface area contributed by atoms with E-state index in [4.69, 9.17) is 0 Å². The third-order valence-corrected chi connectivity index (χ3v) is 4.19. The Morgan fingerprint density at radius 2 is 2.36 bits per heavy atom. The zero-order valence-corrected chi connectivity index (χ0v) is 11.0. The summed E-state index contributed by atoms with van der Waals surface area (Å²) in [6.07, 6.45) is 5.12. The van der Waals surface area contributed by atoms with Crippen LogP contribution in [0.4, 0.5) is 0 Å². The highest BCUT2D eigenvalue weighted by atomic mass is 127. The van der Waals surface area contributed by atoms with Gasteiger partial charge in [0.05, 0.1) is 6.33 Å². The molecule has 0 aliphatic carbocycles. The SMILES string of the molecule is CCCCCSc1nc[nH]c(=O)c1I. The molecule has 0 unspecified atom stereocenters. The minimum atomic E-state index is -0.0430. The lowest BCUT2D eigenvalue weighted by molar-refractivity contribution is 0.778. The van der Waals surface area contributed by atoms with Crippen LogP contribution in [-0.2, 0) is 0 Å². The van der Waals surface area contributed by atoms with Gasteiger partial charge in [-0.3, -0.25) is 4.79 Å². The number of unbranched alkanes of at least 4 members (excludes halogenated alkanes) is 2. The summed E-state index contributed by atoms with van der Waals surface area (Å²) in [4.78, 5) is 17.9. The van der Waals surface area contributed by atoms with Gasteiger partial charge in [-0.05, 0) is 34.8 Å². The van der Waals surface area contributed by atoms with Crippen molar-refractivity contribution in [3.8, 4) is 0 Å². The Kier molecular flexibility index (Phi) is 5.54. The number of rotatable bonds is 5. The molecule has 0 aromatic carbocycles. The van der Waals surface area contributed by atoms with Crippen molar-refractivity contribution in [2.24, 2.45) is 0 Å². The van der Waals surface area contributed by atoms with Crippen molar-refractivity contribution in [3.05, 3.63) is 20.3 Å². The molecule has 1 heterocycles. The van der Waals surface area contributed by atoms with Gasteiger partial charge in [0, 0.05) is 0 Å². The van der Waals surface area contributed by atoms with E-state index in [0.29, 0.717) is 3.57 Å². The molecule has 1 aromatic heterocycles. The van der Waals surface area contributed by atoms with Crippen molar-refractivity contribution in [2.75, 3.05) is 5.75 Å². The van der Waals surface area contributed by atoms with Gasteiger partial charge in [-0.25, -0.2) is 4.98 Å². The number of nitrogens with one attached hydrogen (secondary N) is 1. The summed E-state index contributed by atoms with van der Waals surface area (Å²) in [6.45, 7) is 2.18. The summed E-state index contributed by atoms with van der Waals surface area (Å²) in [5, 5.41) is 0.852. The zero-order valence-electron chi connectivity index (χ0n) is 8.05. The minimum Gasteiger partial charge on any atom is -0.312 e. The Morgan fingerprint density at radius 3 is 3.07 bits per heavy atom. The van der Waals surface area contributed by atoms with Crippen LogP contribution >= 0.6 is 34.4 Å². The van der Waals surface area contributed by atoms with Crippen LogP contribution in [0.25, 0.3) is 0 Å². The molecular formula is C9H13IN2OS. The third kappa shape index (κ3) is 3.61. The van der Waals surface area contributed by atoms with Gasteiger partial charge in [0.2, 0.25) is 0 Å². The predicted molar refractivity (Wildman–Crippen MR) is 67.8 cm³/mol. The van der Waals surface area contributed by atoms with Crippen molar-refractivity contribution >= 4 is 34.4 Å². The summed E-state index contributed by atoms with van der Waals surface area (Å²) in [7, 11) is 0. The monoisotopic (exact) mass is 324 g/mol. The molecule has 0 spiro atoms. The molecule has 0 radical (unpaired) electrons.